The SMILES string of the molecule is COc1ccc(C2(C)NC(=O)N(CC(=O)c3cc(C)n(CCC(C)C)c3C)C2=O)cc1. The van der Waals surface area contributed by atoms with Gasteiger partial charge >= 0.3 is 6.03 Å². The summed E-state index contributed by atoms with van der Waals surface area (Å²) in [6.45, 7) is 10.4. The second-order valence-electron chi connectivity index (χ2n) is 8.72. The minimum atomic E-state index is -1.22. The lowest BCUT2D eigenvalue weighted by atomic mass is 9.92. The van der Waals surface area contributed by atoms with E-state index < -0.39 is 17.5 Å². The van der Waals surface area contributed by atoms with Crippen LogP contribution in [0.4, 0.5) is 4.79 Å². The molecular formula is C24H31N3O4. The highest BCUT2D eigenvalue weighted by Crippen LogP contribution is 2.30. The second-order valence-corrected chi connectivity index (χ2v) is 8.72. The number of methoxy groups -OCH3 is 1. The van der Waals surface area contributed by atoms with Gasteiger partial charge in [0.05, 0.1) is 13.7 Å². The summed E-state index contributed by atoms with van der Waals surface area (Å²) in [6.07, 6.45) is 1.01. The van der Waals surface area contributed by atoms with Gasteiger partial charge in [0.25, 0.3) is 5.91 Å². The molecule has 166 valence electrons. The Morgan fingerprint density at radius 2 is 1.81 bits per heavy atom. The van der Waals surface area contributed by atoms with Crippen molar-refractivity contribution in [3.63, 3.8) is 0 Å². The number of aromatic nitrogens is 1. The maximum Gasteiger partial charge on any atom is 0.325 e. The van der Waals surface area contributed by atoms with Crippen LogP contribution in [-0.4, -0.2) is 40.8 Å². The fraction of sp³-hybridized carbons (Fsp3) is 0.458. The van der Waals surface area contributed by atoms with Gasteiger partial charge in [0.2, 0.25) is 0 Å². The number of nitrogens with one attached hydrogen (secondary N) is 1. The van der Waals surface area contributed by atoms with E-state index in [1.165, 1.54) is 0 Å². The van der Waals surface area contributed by atoms with Gasteiger partial charge in [0, 0.05) is 23.5 Å². The molecule has 1 aliphatic heterocycles. The fourth-order valence-corrected chi connectivity index (χ4v) is 4.00. The molecule has 7 nitrogen and oxygen atoms in total. The Bertz CT molecular complexity index is 1010. The highest BCUT2D eigenvalue weighted by atomic mass is 16.5. The molecule has 1 N–H and O–H groups in total. The minimum absolute atomic E-state index is 0.244. The van der Waals surface area contributed by atoms with Crippen molar-refractivity contribution in [3.05, 3.63) is 52.8 Å². The molecule has 2 heterocycles. The van der Waals surface area contributed by atoms with E-state index in [0.717, 1.165) is 29.3 Å². The number of amides is 3. The van der Waals surface area contributed by atoms with Crippen LogP contribution in [-0.2, 0) is 16.9 Å². The third kappa shape index (κ3) is 4.22. The number of ether oxygens (including phenoxy) is 1. The number of urea groups is 1. The first-order chi connectivity index (χ1) is 14.6. The van der Waals surface area contributed by atoms with E-state index >= 15 is 0 Å². The first-order valence-electron chi connectivity index (χ1n) is 10.6. The van der Waals surface area contributed by atoms with Crippen LogP contribution in [0.25, 0.3) is 0 Å². The maximum absolute atomic E-state index is 13.1. The predicted molar refractivity (Wildman–Crippen MR) is 118 cm³/mol. The summed E-state index contributed by atoms with van der Waals surface area (Å²) >= 11 is 0. The van der Waals surface area contributed by atoms with E-state index in [1.54, 1.807) is 38.3 Å². The van der Waals surface area contributed by atoms with Crippen molar-refractivity contribution in [2.45, 2.75) is 53.1 Å². The van der Waals surface area contributed by atoms with E-state index in [4.69, 9.17) is 4.74 Å². The Hall–Kier alpha value is -3.09. The highest BCUT2D eigenvalue weighted by Gasteiger charge is 2.49. The van der Waals surface area contributed by atoms with Gasteiger partial charge in [-0.05, 0) is 56.9 Å². The standard InChI is InChI=1S/C24H31N3O4/c1-15(2)11-12-26-16(3)13-20(17(26)4)21(28)14-27-22(29)24(5,25-23(27)30)18-7-9-19(31-6)10-8-18/h7-10,13,15H,11-12,14H2,1-6H3,(H,25,30). The van der Waals surface area contributed by atoms with E-state index in [2.05, 4.69) is 23.7 Å². The third-order valence-corrected chi connectivity index (χ3v) is 6.05. The lowest BCUT2D eigenvalue weighted by Gasteiger charge is -2.22. The molecular weight excluding hydrogens is 394 g/mol. The molecule has 0 spiro atoms. The van der Waals surface area contributed by atoms with Gasteiger partial charge in [-0.25, -0.2) is 4.79 Å². The average molecular weight is 426 g/mol. The van der Waals surface area contributed by atoms with Crippen LogP contribution >= 0.6 is 0 Å². The van der Waals surface area contributed by atoms with Crippen LogP contribution in [0.5, 0.6) is 5.75 Å². The smallest absolute Gasteiger partial charge is 0.325 e. The molecule has 1 aliphatic rings. The van der Waals surface area contributed by atoms with Crippen LogP contribution in [0.1, 0.15) is 54.5 Å². The minimum Gasteiger partial charge on any atom is -0.497 e. The predicted octanol–water partition coefficient (Wildman–Crippen LogP) is 3.81. The lowest BCUT2D eigenvalue weighted by molar-refractivity contribution is -0.130. The molecule has 1 atom stereocenters. The molecule has 1 aromatic heterocycles. The molecule has 1 saturated heterocycles. The molecule has 0 radical (unpaired) electrons. The maximum atomic E-state index is 13.1. The molecule has 1 aromatic carbocycles. The van der Waals surface area contributed by atoms with Crippen molar-refractivity contribution in [2.75, 3.05) is 13.7 Å². The zero-order valence-electron chi connectivity index (χ0n) is 19.1. The summed E-state index contributed by atoms with van der Waals surface area (Å²) in [5.41, 5.74) is 1.83. The molecule has 0 aliphatic carbocycles. The summed E-state index contributed by atoms with van der Waals surface area (Å²) in [5, 5.41) is 2.74. The molecule has 1 fully saturated rings. The molecule has 7 heteroatoms. The van der Waals surface area contributed by atoms with Gasteiger partial charge in [-0.1, -0.05) is 26.0 Å². The van der Waals surface area contributed by atoms with E-state index in [0.29, 0.717) is 22.8 Å². The van der Waals surface area contributed by atoms with Crippen LogP contribution in [0.3, 0.4) is 0 Å². The highest BCUT2D eigenvalue weighted by molar-refractivity contribution is 6.11. The molecule has 0 saturated carbocycles. The van der Waals surface area contributed by atoms with Crippen LogP contribution in [0, 0.1) is 19.8 Å². The number of ketones is 1. The Kier molecular flexibility index (Phi) is 6.25. The molecule has 2 aromatic rings. The summed E-state index contributed by atoms with van der Waals surface area (Å²) < 4.78 is 7.28. The average Bonchev–Trinajstić information content (AvgIpc) is 3.14. The number of hydrogen-bond donors (Lipinski definition) is 1. The number of nitrogens with zero attached hydrogens (tertiary/aromatic N) is 2. The summed E-state index contributed by atoms with van der Waals surface area (Å²) in [6, 6.07) is 8.24. The van der Waals surface area contributed by atoms with Gasteiger partial charge in [0.1, 0.15) is 11.3 Å². The number of carbonyl (C=O) groups excluding carboxylic acids is 3. The third-order valence-electron chi connectivity index (χ3n) is 6.05. The van der Waals surface area contributed by atoms with Crippen molar-refractivity contribution in [2.24, 2.45) is 5.92 Å². The number of hydrogen-bond acceptors (Lipinski definition) is 4. The van der Waals surface area contributed by atoms with Gasteiger partial charge in [0.15, 0.2) is 5.78 Å². The van der Waals surface area contributed by atoms with Gasteiger partial charge in [-0.2, -0.15) is 0 Å². The van der Waals surface area contributed by atoms with Gasteiger partial charge < -0.3 is 14.6 Å². The Balaban J connectivity index is 1.80. The van der Waals surface area contributed by atoms with E-state index in [1.807, 2.05) is 19.9 Å². The normalized spacial score (nSPS) is 18.6. The first-order valence-corrected chi connectivity index (χ1v) is 10.6. The molecule has 3 rings (SSSR count). The van der Waals surface area contributed by atoms with Crippen LogP contribution in [0.15, 0.2) is 30.3 Å². The summed E-state index contributed by atoms with van der Waals surface area (Å²) in [4.78, 5) is 39.8. The number of benzene rings is 1. The number of Topliss-reactive ketones (excluding diaryl/α,β-unsaturated/α-hetero) is 1. The first kappa shape index (κ1) is 22.6. The number of rotatable bonds is 8. The lowest BCUT2D eigenvalue weighted by Crippen LogP contribution is -2.41. The Morgan fingerprint density at radius 1 is 1.16 bits per heavy atom. The zero-order valence-corrected chi connectivity index (χ0v) is 19.1. The van der Waals surface area contributed by atoms with Crippen LogP contribution in [0.2, 0.25) is 0 Å². The second kappa shape index (κ2) is 8.57. The molecule has 31 heavy (non-hydrogen) atoms. The molecule has 3 amide bonds. The van der Waals surface area contributed by atoms with Crippen molar-refractivity contribution in [3.8, 4) is 5.75 Å². The summed E-state index contributed by atoms with van der Waals surface area (Å²) in [7, 11) is 1.56. The zero-order chi connectivity index (χ0) is 22.9. The van der Waals surface area contributed by atoms with Crippen LogP contribution < -0.4 is 10.1 Å². The van der Waals surface area contributed by atoms with Crippen molar-refractivity contribution in [1.29, 1.82) is 0 Å². The summed E-state index contributed by atoms with van der Waals surface area (Å²) in [5.74, 6) is 0.530. The quantitative estimate of drug-likeness (QED) is 0.515. The van der Waals surface area contributed by atoms with Crippen molar-refractivity contribution in [1.82, 2.24) is 14.8 Å². The van der Waals surface area contributed by atoms with Gasteiger partial charge in [-0.3, -0.25) is 14.5 Å². The van der Waals surface area contributed by atoms with Crippen molar-refractivity contribution >= 4 is 17.7 Å². The number of imide groups is 1. The largest absolute Gasteiger partial charge is 0.497 e. The molecule has 0 bridgehead atoms. The van der Waals surface area contributed by atoms with Crippen molar-refractivity contribution < 1.29 is 19.1 Å². The fourth-order valence-electron chi connectivity index (χ4n) is 4.00. The van der Waals surface area contributed by atoms with E-state index in [9.17, 15) is 14.4 Å². The van der Waals surface area contributed by atoms with E-state index in [-0.39, 0.29) is 12.3 Å². The Labute approximate surface area is 183 Å². The Morgan fingerprint density at radius 3 is 2.39 bits per heavy atom. The number of aryl methyl sites for hydroxylation is 1. The van der Waals surface area contributed by atoms with Gasteiger partial charge in [-0.15, -0.1) is 0 Å². The molecule has 1 unspecified atom stereocenters. The number of carbonyl (C=O) groups is 3. The topological polar surface area (TPSA) is 80.6 Å². The monoisotopic (exact) mass is 425 g/mol.